The Bertz CT molecular complexity index is 445. The second-order valence-electron chi connectivity index (χ2n) is 3.98. The van der Waals surface area contributed by atoms with Gasteiger partial charge in [0.25, 0.3) is 0 Å². The minimum atomic E-state index is -5.08. The van der Waals surface area contributed by atoms with Crippen LogP contribution < -0.4 is 5.32 Å². The number of carboxylic acids is 1. The third kappa shape index (κ3) is 5.45. The molecule has 0 bridgehead atoms. The number of carbonyl (C=O) groups is 1. The Kier molecular flexibility index (Phi) is 5.78. The lowest BCUT2D eigenvalue weighted by Crippen LogP contribution is -2.34. The normalized spacial score (nSPS) is 18.9. The highest BCUT2D eigenvalue weighted by molar-refractivity contribution is 5.73. The SMILES string of the molecule is O=C(O)C(F)(F)F.Oc1cccc(C2COCCN2)c1. The Morgan fingerprint density at radius 3 is 2.50 bits per heavy atom. The molecule has 1 unspecified atom stereocenters. The molecule has 0 spiro atoms. The number of phenolic OH excluding ortho intramolecular Hbond substituents is 1. The number of rotatable bonds is 1. The van der Waals surface area contributed by atoms with Gasteiger partial charge in [0.15, 0.2) is 0 Å². The molecule has 0 radical (unpaired) electrons. The Hall–Kier alpha value is -1.80. The maximum absolute atomic E-state index is 10.6. The summed E-state index contributed by atoms with van der Waals surface area (Å²) in [6, 6.07) is 7.51. The van der Waals surface area contributed by atoms with Crippen LogP contribution in [-0.4, -0.2) is 42.1 Å². The van der Waals surface area contributed by atoms with Crippen molar-refractivity contribution < 1.29 is 32.9 Å². The van der Waals surface area contributed by atoms with Crippen molar-refractivity contribution in [1.29, 1.82) is 0 Å². The number of alkyl halides is 3. The van der Waals surface area contributed by atoms with Gasteiger partial charge in [0.05, 0.1) is 19.3 Å². The quantitative estimate of drug-likeness (QED) is 0.734. The van der Waals surface area contributed by atoms with Crippen LogP contribution >= 0.6 is 0 Å². The van der Waals surface area contributed by atoms with Crippen LogP contribution in [0, 0.1) is 0 Å². The van der Waals surface area contributed by atoms with Gasteiger partial charge in [0, 0.05) is 6.54 Å². The monoisotopic (exact) mass is 293 g/mol. The third-order valence-corrected chi connectivity index (χ3v) is 2.44. The van der Waals surface area contributed by atoms with E-state index in [0.29, 0.717) is 12.4 Å². The van der Waals surface area contributed by atoms with Gasteiger partial charge >= 0.3 is 12.1 Å². The van der Waals surface area contributed by atoms with Crippen LogP contribution in [0.15, 0.2) is 24.3 Å². The molecular formula is C12H14F3NO4. The van der Waals surface area contributed by atoms with E-state index in [0.717, 1.165) is 18.7 Å². The molecular weight excluding hydrogens is 279 g/mol. The van der Waals surface area contributed by atoms with Crippen molar-refractivity contribution in [3.05, 3.63) is 29.8 Å². The predicted octanol–water partition coefficient (Wildman–Crippen LogP) is 1.69. The summed E-state index contributed by atoms with van der Waals surface area (Å²) in [5.74, 6) is -2.45. The minimum Gasteiger partial charge on any atom is -0.508 e. The predicted molar refractivity (Wildman–Crippen MR) is 63.4 cm³/mol. The van der Waals surface area contributed by atoms with E-state index < -0.39 is 12.1 Å². The highest BCUT2D eigenvalue weighted by Crippen LogP contribution is 2.19. The third-order valence-electron chi connectivity index (χ3n) is 2.44. The summed E-state index contributed by atoms with van der Waals surface area (Å²) in [4.78, 5) is 8.90. The summed E-state index contributed by atoms with van der Waals surface area (Å²) in [5.41, 5.74) is 1.08. The molecule has 1 aromatic carbocycles. The molecule has 1 aliphatic rings. The maximum Gasteiger partial charge on any atom is 0.490 e. The van der Waals surface area contributed by atoms with Crippen LogP contribution in [0.25, 0.3) is 0 Å². The van der Waals surface area contributed by atoms with Gasteiger partial charge in [0.2, 0.25) is 0 Å². The summed E-state index contributed by atoms with van der Waals surface area (Å²) < 4.78 is 37.1. The molecule has 1 fully saturated rings. The zero-order chi connectivity index (χ0) is 15.2. The summed E-state index contributed by atoms with van der Waals surface area (Å²) in [5, 5.41) is 19.7. The number of nitrogens with one attached hydrogen (secondary N) is 1. The van der Waals surface area contributed by atoms with Gasteiger partial charge in [-0.2, -0.15) is 13.2 Å². The minimum absolute atomic E-state index is 0.223. The van der Waals surface area contributed by atoms with Gasteiger partial charge in [0.1, 0.15) is 5.75 Å². The van der Waals surface area contributed by atoms with Crippen molar-refractivity contribution in [2.24, 2.45) is 0 Å². The fourth-order valence-electron chi connectivity index (χ4n) is 1.52. The molecule has 1 aromatic rings. The highest BCUT2D eigenvalue weighted by Gasteiger charge is 2.38. The summed E-state index contributed by atoms with van der Waals surface area (Å²) >= 11 is 0. The van der Waals surface area contributed by atoms with Gasteiger partial charge < -0.3 is 20.3 Å². The summed E-state index contributed by atoms with van der Waals surface area (Å²) in [7, 11) is 0. The van der Waals surface area contributed by atoms with Crippen LogP contribution in [0.1, 0.15) is 11.6 Å². The van der Waals surface area contributed by atoms with Gasteiger partial charge in [-0.05, 0) is 17.7 Å². The molecule has 0 aliphatic carbocycles. The fraction of sp³-hybridized carbons (Fsp3) is 0.417. The number of morpholine rings is 1. The first-order valence-corrected chi connectivity index (χ1v) is 5.71. The van der Waals surface area contributed by atoms with E-state index in [-0.39, 0.29) is 6.04 Å². The zero-order valence-electron chi connectivity index (χ0n) is 10.4. The van der Waals surface area contributed by atoms with Crippen LogP contribution in [-0.2, 0) is 9.53 Å². The van der Waals surface area contributed by atoms with E-state index in [1.165, 1.54) is 0 Å². The van der Waals surface area contributed by atoms with Crippen LogP contribution in [0.3, 0.4) is 0 Å². The van der Waals surface area contributed by atoms with Crippen molar-refractivity contribution in [2.45, 2.75) is 12.2 Å². The summed E-state index contributed by atoms with van der Waals surface area (Å²) in [6.45, 7) is 2.33. The Morgan fingerprint density at radius 1 is 1.40 bits per heavy atom. The van der Waals surface area contributed by atoms with Gasteiger partial charge in [-0.1, -0.05) is 12.1 Å². The van der Waals surface area contributed by atoms with E-state index in [4.69, 9.17) is 14.6 Å². The largest absolute Gasteiger partial charge is 0.508 e. The second-order valence-corrected chi connectivity index (χ2v) is 3.98. The number of carboxylic acid groups (broad SMARTS) is 1. The molecule has 1 saturated heterocycles. The molecule has 3 N–H and O–H groups in total. The first kappa shape index (κ1) is 16.3. The van der Waals surface area contributed by atoms with E-state index in [1.54, 1.807) is 12.1 Å². The number of hydrogen-bond donors (Lipinski definition) is 3. The number of aliphatic carboxylic acids is 1. The van der Waals surface area contributed by atoms with Gasteiger partial charge in [-0.15, -0.1) is 0 Å². The number of phenols is 1. The molecule has 0 saturated carbocycles. The molecule has 1 heterocycles. The Morgan fingerprint density at radius 2 is 2.05 bits per heavy atom. The zero-order valence-corrected chi connectivity index (χ0v) is 10.4. The smallest absolute Gasteiger partial charge is 0.490 e. The van der Waals surface area contributed by atoms with Crippen LogP contribution in [0.2, 0.25) is 0 Å². The molecule has 1 atom stereocenters. The highest BCUT2D eigenvalue weighted by atomic mass is 19.4. The summed E-state index contributed by atoms with van der Waals surface area (Å²) in [6.07, 6.45) is -5.08. The number of halogens is 3. The van der Waals surface area contributed by atoms with Crippen molar-refractivity contribution in [3.63, 3.8) is 0 Å². The molecule has 1 aliphatic heterocycles. The van der Waals surface area contributed by atoms with Crippen molar-refractivity contribution in [2.75, 3.05) is 19.8 Å². The van der Waals surface area contributed by atoms with Crippen molar-refractivity contribution in [3.8, 4) is 5.75 Å². The Balaban J connectivity index is 0.000000246. The molecule has 5 nitrogen and oxygen atoms in total. The topological polar surface area (TPSA) is 78.8 Å². The lowest BCUT2D eigenvalue weighted by Gasteiger charge is -2.24. The first-order valence-electron chi connectivity index (χ1n) is 5.71. The average Bonchev–Trinajstić information content (AvgIpc) is 2.39. The molecule has 8 heteroatoms. The average molecular weight is 293 g/mol. The number of benzene rings is 1. The van der Waals surface area contributed by atoms with Gasteiger partial charge in [-0.25, -0.2) is 4.79 Å². The van der Waals surface area contributed by atoms with E-state index in [2.05, 4.69) is 5.32 Å². The van der Waals surface area contributed by atoms with Gasteiger partial charge in [-0.3, -0.25) is 0 Å². The molecule has 20 heavy (non-hydrogen) atoms. The second kappa shape index (κ2) is 7.11. The Labute approximate surface area is 113 Å². The van der Waals surface area contributed by atoms with E-state index in [9.17, 15) is 18.3 Å². The first-order chi connectivity index (χ1) is 9.30. The number of aromatic hydroxyl groups is 1. The molecule has 112 valence electrons. The van der Waals surface area contributed by atoms with Crippen LogP contribution in [0.4, 0.5) is 13.2 Å². The standard InChI is InChI=1S/C10H13NO2.C2HF3O2/c12-9-3-1-2-8(6-9)10-7-13-5-4-11-10;3-2(4,5)1(6)7/h1-3,6,10-12H,4-5,7H2;(H,6,7). The molecule has 0 aromatic heterocycles. The van der Waals surface area contributed by atoms with E-state index in [1.807, 2.05) is 12.1 Å². The van der Waals surface area contributed by atoms with Crippen molar-refractivity contribution >= 4 is 5.97 Å². The molecule has 0 amide bonds. The fourth-order valence-corrected chi connectivity index (χ4v) is 1.52. The van der Waals surface area contributed by atoms with Crippen LogP contribution in [0.5, 0.6) is 5.75 Å². The lowest BCUT2D eigenvalue weighted by atomic mass is 10.1. The molecule has 2 rings (SSSR count). The number of ether oxygens (including phenoxy) is 1. The number of hydrogen-bond acceptors (Lipinski definition) is 4. The lowest BCUT2D eigenvalue weighted by molar-refractivity contribution is -0.192. The van der Waals surface area contributed by atoms with E-state index >= 15 is 0 Å². The maximum atomic E-state index is 10.6. The van der Waals surface area contributed by atoms with Crippen molar-refractivity contribution in [1.82, 2.24) is 5.32 Å².